The van der Waals surface area contributed by atoms with Gasteiger partial charge in [-0.15, -0.1) is 0 Å². The van der Waals surface area contributed by atoms with E-state index < -0.39 is 0 Å². The number of benzene rings is 2. The minimum atomic E-state index is -0.0278. The molecule has 30 heavy (non-hydrogen) atoms. The zero-order chi connectivity index (χ0) is 21.3. The third kappa shape index (κ3) is 6.19. The summed E-state index contributed by atoms with van der Waals surface area (Å²) in [5, 5.41) is 2.92. The fourth-order valence-electron chi connectivity index (χ4n) is 3.40. The first-order valence-electron chi connectivity index (χ1n) is 10.3. The molecule has 2 aromatic carbocycles. The summed E-state index contributed by atoms with van der Waals surface area (Å²) in [5.74, 6) is 0.953. The van der Waals surface area contributed by atoms with Crippen LogP contribution in [0.15, 0.2) is 61.2 Å². The molecule has 158 valence electrons. The van der Waals surface area contributed by atoms with Gasteiger partial charge in [-0.3, -0.25) is 9.59 Å². The molecule has 1 heterocycles. The van der Waals surface area contributed by atoms with Gasteiger partial charge in [0.15, 0.2) is 0 Å². The van der Waals surface area contributed by atoms with E-state index in [-0.39, 0.29) is 11.8 Å². The molecule has 1 fully saturated rings. The molecule has 0 atom stereocenters. The van der Waals surface area contributed by atoms with Crippen LogP contribution in [0.3, 0.4) is 0 Å². The smallest absolute Gasteiger partial charge is 0.227 e. The molecule has 1 aliphatic rings. The van der Waals surface area contributed by atoms with Crippen LogP contribution in [0.25, 0.3) is 0 Å². The van der Waals surface area contributed by atoms with Crippen LogP contribution in [-0.2, 0) is 16.1 Å². The number of hydrogen-bond acceptors (Lipinski definition) is 4. The molecule has 0 aromatic heterocycles. The van der Waals surface area contributed by atoms with Crippen LogP contribution in [0.1, 0.15) is 24.8 Å². The fraction of sp³-hybridized carbons (Fsp3) is 0.333. The van der Waals surface area contributed by atoms with Gasteiger partial charge in [-0.1, -0.05) is 24.8 Å². The van der Waals surface area contributed by atoms with Gasteiger partial charge in [0.1, 0.15) is 12.4 Å². The van der Waals surface area contributed by atoms with Crippen molar-refractivity contribution < 1.29 is 14.3 Å². The first kappa shape index (κ1) is 21.6. The van der Waals surface area contributed by atoms with Crippen LogP contribution in [0, 0.1) is 0 Å². The molecule has 1 saturated heterocycles. The van der Waals surface area contributed by atoms with E-state index in [2.05, 4.69) is 16.8 Å². The van der Waals surface area contributed by atoms with Crippen LogP contribution >= 0.6 is 0 Å². The van der Waals surface area contributed by atoms with Crippen molar-refractivity contribution >= 4 is 23.2 Å². The third-order valence-electron chi connectivity index (χ3n) is 5.00. The van der Waals surface area contributed by atoms with Crippen molar-refractivity contribution in [1.82, 2.24) is 4.90 Å². The standard InChI is InChI=1S/C24H29N3O3/c1-3-17-30-22-12-6-19(7-13-22)18-26(2)16-14-23(28)25-20-8-10-21(11-9-20)27-15-4-5-24(27)29/h3,6-13H,1,4-5,14-18H2,2H3,(H,25,28). The molecular weight excluding hydrogens is 378 g/mol. The van der Waals surface area contributed by atoms with Gasteiger partial charge >= 0.3 is 0 Å². The number of amides is 2. The Balaban J connectivity index is 1.41. The van der Waals surface area contributed by atoms with Gasteiger partial charge < -0.3 is 19.9 Å². The van der Waals surface area contributed by atoms with Crippen molar-refractivity contribution in [2.75, 3.05) is 37.0 Å². The van der Waals surface area contributed by atoms with E-state index in [0.717, 1.165) is 42.2 Å². The van der Waals surface area contributed by atoms with Crippen molar-refractivity contribution in [2.45, 2.75) is 25.8 Å². The summed E-state index contributed by atoms with van der Waals surface area (Å²) >= 11 is 0. The van der Waals surface area contributed by atoms with E-state index >= 15 is 0 Å². The monoisotopic (exact) mass is 407 g/mol. The van der Waals surface area contributed by atoms with Gasteiger partial charge in [-0.05, 0) is 55.4 Å². The van der Waals surface area contributed by atoms with Gasteiger partial charge in [-0.25, -0.2) is 0 Å². The third-order valence-corrected chi connectivity index (χ3v) is 5.00. The lowest BCUT2D eigenvalue weighted by Gasteiger charge is -2.17. The number of ether oxygens (including phenoxy) is 1. The number of nitrogens with one attached hydrogen (secondary N) is 1. The van der Waals surface area contributed by atoms with Crippen molar-refractivity contribution in [2.24, 2.45) is 0 Å². The molecular formula is C24H29N3O3. The SMILES string of the molecule is C=CCOc1ccc(CN(C)CCC(=O)Nc2ccc(N3CCCC3=O)cc2)cc1. The predicted molar refractivity (Wildman–Crippen MR) is 120 cm³/mol. The molecule has 0 bridgehead atoms. The highest BCUT2D eigenvalue weighted by molar-refractivity contribution is 5.96. The van der Waals surface area contributed by atoms with Crippen LogP contribution in [0.5, 0.6) is 5.75 Å². The number of carbonyl (C=O) groups is 2. The molecule has 0 saturated carbocycles. The Morgan fingerprint density at radius 2 is 1.93 bits per heavy atom. The number of anilines is 2. The lowest BCUT2D eigenvalue weighted by atomic mass is 10.2. The summed E-state index contributed by atoms with van der Waals surface area (Å²) in [5.41, 5.74) is 2.79. The fourth-order valence-corrected chi connectivity index (χ4v) is 3.40. The first-order valence-corrected chi connectivity index (χ1v) is 10.3. The van der Waals surface area contributed by atoms with E-state index in [1.807, 2.05) is 55.6 Å². The largest absolute Gasteiger partial charge is 0.490 e. The quantitative estimate of drug-likeness (QED) is 0.608. The average Bonchev–Trinajstić information content (AvgIpc) is 3.18. The minimum Gasteiger partial charge on any atom is -0.490 e. The maximum atomic E-state index is 12.3. The van der Waals surface area contributed by atoms with Gasteiger partial charge in [0.05, 0.1) is 0 Å². The molecule has 1 N–H and O–H groups in total. The Morgan fingerprint density at radius 3 is 2.57 bits per heavy atom. The first-order chi connectivity index (χ1) is 14.5. The van der Waals surface area contributed by atoms with E-state index in [9.17, 15) is 9.59 Å². The van der Waals surface area contributed by atoms with Crippen molar-refractivity contribution in [3.8, 4) is 5.75 Å². The Morgan fingerprint density at radius 1 is 1.20 bits per heavy atom. The molecule has 2 aromatic rings. The number of rotatable bonds is 10. The normalized spacial score (nSPS) is 13.5. The zero-order valence-electron chi connectivity index (χ0n) is 17.5. The molecule has 2 amide bonds. The Bertz CT molecular complexity index is 862. The molecule has 0 aliphatic carbocycles. The Labute approximate surface area is 178 Å². The van der Waals surface area contributed by atoms with E-state index in [0.29, 0.717) is 26.0 Å². The van der Waals surface area contributed by atoms with Crippen LogP contribution in [-0.4, -0.2) is 43.5 Å². The number of nitrogens with zero attached hydrogens (tertiary/aromatic N) is 2. The second-order valence-corrected chi connectivity index (χ2v) is 7.48. The Hall–Kier alpha value is -3.12. The summed E-state index contributed by atoms with van der Waals surface area (Å²) < 4.78 is 5.49. The predicted octanol–water partition coefficient (Wildman–Crippen LogP) is 3.84. The van der Waals surface area contributed by atoms with Crippen LogP contribution in [0.4, 0.5) is 11.4 Å². The molecule has 6 heteroatoms. The highest BCUT2D eigenvalue weighted by atomic mass is 16.5. The van der Waals surface area contributed by atoms with E-state index in [1.54, 1.807) is 11.0 Å². The minimum absolute atomic E-state index is 0.0278. The van der Waals surface area contributed by atoms with Gasteiger partial charge in [0, 0.05) is 43.9 Å². The highest BCUT2D eigenvalue weighted by Crippen LogP contribution is 2.23. The van der Waals surface area contributed by atoms with E-state index in [4.69, 9.17) is 4.74 Å². The van der Waals surface area contributed by atoms with Crippen molar-refractivity contribution in [1.29, 1.82) is 0 Å². The summed E-state index contributed by atoms with van der Waals surface area (Å²) in [7, 11) is 2.00. The number of hydrogen-bond donors (Lipinski definition) is 1. The molecule has 1 aliphatic heterocycles. The summed E-state index contributed by atoms with van der Waals surface area (Å²) in [6.45, 7) is 6.31. The van der Waals surface area contributed by atoms with Crippen molar-refractivity contribution in [3.63, 3.8) is 0 Å². The zero-order valence-corrected chi connectivity index (χ0v) is 17.5. The average molecular weight is 408 g/mol. The van der Waals surface area contributed by atoms with E-state index in [1.165, 1.54) is 0 Å². The van der Waals surface area contributed by atoms with Gasteiger partial charge in [-0.2, -0.15) is 0 Å². The molecule has 0 spiro atoms. The van der Waals surface area contributed by atoms with Crippen LogP contribution < -0.4 is 15.0 Å². The van der Waals surface area contributed by atoms with Crippen molar-refractivity contribution in [3.05, 3.63) is 66.7 Å². The Kier molecular flexibility index (Phi) is 7.63. The summed E-state index contributed by atoms with van der Waals surface area (Å²) in [6.07, 6.45) is 3.64. The molecule has 0 unspecified atom stereocenters. The van der Waals surface area contributed by atoms with Crippen LogP contribution in [0.2, 0.25) is 0 Å². The lowest BCUT2D eigenvalue weighted by molar-refractivity contribution is -0.117. The number of carbonyl (C=O) groups excluding carboxylic acids is 2. The maximum absolute atomic E-state index is 12.3. The highest BCUT2D eigenvalue weighted by Gasteiger charge is 2.21. The second kappa shape index (κ2) is 10.6. The van der Waals surface area contributed by atoms with Gasteiger partial charge in [0.25, 0.3) is 0 Å². The summed E-state index contributed by atoms with van der Waals surface area (Å²) in [6, 6.07) is 15.4. The second-order valence-electron chi connectivity index (χ2n) is 7.48. The topological polar surface area (TPSA) is 61.9 Å². The maximum Gasteiger partial charge on any atom is 0.227 e. The molecule has 6 nitrogen and oxygen atoms in total. The molecule has 3 rings (SSSR count). The lowest BCUT2D eigenvalue weighted by Crippen LogP contribution is -2.24. The molecule has 0 radical (unpaired) electrons. The van der Waals surface area contributed by atoms with Gasteiger partial charge in [0.2, 0.25) is 11.8 Å². The summed E-state index contributed by atoms with van der Waals surface area (Å²) in [4.78, 5) is 28.0.